The van der Waals surface area contributed by atoms with E-state index in [1.54, 1.807) is 4.31 Å². The Hall–Kier alpha value is -0.950. The summed E-state index contributed by atoms with van der Waals surface area (Å²) >= 11 is 0. The number of benzene rings is 1. The Morgan fingerprint density at radius 2 is 2.24 bits per heavy atom. The summed E-state index contributed by atoms with van der Waals surface area (Å²) in [5.74, 6) is 0.364. The SMILES string of the molecule is CC(NCC1CCN(S(C)(=O)=O)C1)c1cccc(CO)c1. The summed E-state index contributed by atoms with van der Waals surface area (Å²) in [7, 11) is -3.06. The number of aliphatic hydroxyl groups is 1. The molecule has 2 N–H and O–H groups in total. The van der Waals surface area contributed by atoms with E-state index in [2.05, 4.69) is 12.2 Å². The van der Waals surface area contributed by atoms with Crippen molar-refractivity contribution in [1.29, 1.82) is 0 Å². The van der Waals surface area contributed by atoms with Crippen molar-refractivity contribution in [3.05, 3.63) is 35.4 Å². The third-order valence-electron chi connectivity index (χ3n) is 4.06. The van der Waals surface area contributed by atoms with Crippen LogP contribution in [0.25, 0.3) is 0 Å². The molecule has 21 heavy (non-hydrogen) atoms. The Morgan fingerprint density at radius 1 is 1.48 bits per heavy atom. The average molecular weight is 312 g/mol. The average Bonchev–Trinajstić information content (AvgIpc) is 2.94. The van der Waals surface area contributed by atoms with E-state index in [1.165, 1.54) is 6.26 Å². The summed E-state index contributed by atoms with van der Waals surface area (Å²) < 4.78 is 24.5. The Balaban J connectivity index is 1.86. The largest absolute Gasteiger partial charge is 0.392 e. The molecule has 6 heteroatoms. The van der Waals surface area contributed by atoms with Crippen LogP contribution in [0, 0.1) is 5.92 Å². The Morgan fingerprint density at radius 3 is 2.86 bits per heavy atom. The van der Waals surface area contributed by atoms with Crippen LogP contribution >= 0.6 is 0 Å². The molecule has 0 aliphatic carbocycles. The molecule has 0 spiro atoms. The van der Waals surface area contributed by atoms with Gasteiger partial charge >= 0.3 is 0 Å². The number of aliphatic hydroxyl groups excluding tert-OH is 1. The molecule has 1 heterocycles. The molecule has 0 bridgehead atoms. The van der Waals surface area contributed by atoms with E-state index in [9.17, 15) is 8.42 Å². The third-order valence-corrected chi connectivity index (χ3v) is 5.33. The van der Waals surface area contributed by atoms with Crippen LogP contribution in [0.5, 0.6) is 0 Å². The summed E-state index contributed by atoms with van der Waals surface area (Å²) in [5, 5.41) is 12.6. The molecule has 5 nitrogen and oxygen atoms in total. The molecular weight excluding hydrogens is 288 g/mol. The van der Waals surface area contributed by atoms with Gasteiger partial charge in [0, 0.05) is 19.1 Å². The minimum atomic E-state index is -3.06. The zero-order valence-electron chi connectivity index (χ0n) is 12.6. The van der Waals surface area contributed by atoms with Crippen molar-refractivity contribution >= 4 is 10.0 Å². The summed E-state index contributed by atoms with van der Waals surface area (Å²) in [6.07, 6.45) is 2.18. The van der Waals surface area contributed by atoms with E-state index in [-0.39, 0.29) is 12.6 Å². The lowest BCUT2D eigenvalue weighted by Crippen LogP contribution is -2.31. The van der Waals surface area contributed by atoms with Crippen molar-refractivity contribution in [1.82, 2.24) is 9.62 Å². The van der Waals surface area contributed by atoms with Gasteiger partial charge in [0.2, 0.25) is 10.0 Å². The van der Waals surface area contributed by atoms with E-state index in [1.807, 2.05) is 24.3 Å². The predicted molar refractivity (Wildman–Crippen MR) is 83.3 cm³/mol. The monoisotopic (exact) mass is 312 g/mol. The van der Waals surface area contributed by atoms with E-state index in [0.717, 1.165) is 24.1 Å². The van der Waals surface area contributed by atoms with Crippen molar-refractivity contribution in [3.8, 4) is 0 Å². The van der Waals surface area contributed by atoms with Gasteiger partial charge in [0.25, 0.3) is 0 Å². The minimum absolute atomic E-state index is 0.0481. The predicted octanol–water partition coefficient (Wildman–Crippen LogP) is 1.11. The minimum Gasteiger partial charge on any atom is -0.392 e. The van der Waals surface area contributed by atoms with Crippen LogP contribution in [0.3, 0.4) is 0 Å². The highest BCUT2D eigenvalue weighted by Crippen LogP contribution is 2.20. The van der Waals surface area contributed by atoms with Gasteiger partial charge in [-0.15, -0.1) is 0 Å². The molecule has 1 fully saturated rings. The normalized spacial score (nSPS) is 21.6. The molecule has 1 aliphatic heterocycles. The van der Waals surface area contributed by atoms with Gasteiger partial charge in [-0.1, -0.05) is 24.3 Å². The van der Waals surface area contributed by atoms with Crippen LogP contribution in [0.2, 0.25) is 0 Å². The van der Waals surface area contributed by atoms with Crippen molar-refractivity contribution in [2.75, 3.05) is 25.9 Å². The van der Waals surface area contributed by atoms with Gasteiger partial charge in [0.1, 0.15) is 0 Å². The van der Waals surface area contributed by atoms with E-state index in [4.69, 9.17) is 5.11 Å². The smallest absolute Gasteiger partial charge is 0.211 e. The highest BCUT2D eigenvalue weighted by molar-refractivity contribution is 7.88. The first-order valence-electron chi connectivity index (χ1n) is 7.28. The zero-order chi connectivity index (χ0) is 15.5. The van der Waals surface area contributed by atoms with E-state index < -0.39 is 10.0 Å². The maximum absolute atomic E-state index is 11.5. The quantitative estimate of drug-likeness (QED) is 0.825. The number of rotatable bonds is 6. The van der Waals surface area contributed by atoms with Crippen LogP contribution in [-0.4, -0.2) is 43.7 Å². The summed E-state index contributed by atoms with van der Waals surface area (Å²) in [5.41, 5.74) is 2.05. The standard InChI is InChI=1S/C15H24N2O3S/c1-12(15-5-3-4-13(8-15)11-18)16-9-14-6-7-17(10-14)21(2,19)20/h3-5,8,12,14,16,18H,6-7,9-11H2,1-2H3. The lowest BCUT2D eigenvalue weighted by molar-refractivity contribution is 0.281. The summed E-state index contributed by atoms with van der Waals surface area (Å²) in [6, 6.07) is 8.06. The van der Waals surface area contributed by atoms with Gasteiger partial charge in [-0.2, -0.15) is 0 Å². The van der Waals surface area contributed by atoms with Crippen LogP contribution in [0.4, 0.5) is 0 Å². The lowest BCUT2D eigenvalue weighted by Gasteiger charge is -2.18. The van der Waals surface area contributed by atoms with Gasteiger partial charge in [-0.25, -0.2) is 12.7 Å². The molecule has 1 saturated heterocycles. The van der Waals surface area contributed by atoms with Crippen molar-refractivity contribution in [2.45, 2.75) is 26.0 Å². The molecule has 2 unspecified atom stereocenters. The first kappa shape index (κ1) is 16.4. The van der Waals surface area contributed by atoms with Gasteiger partial charge in [0.15, 0.2) is 0 Å². The molecule has 2 rings (SSSR count). The Labute approximate surface area is 127 Å². The van der Waals surface area contributed by atoms with Crippen molar-refractivity contribution in [3.63, 3.8) is 0 Å². The number of nitrogens with zero attached hydrogens (tertiary/aromatic N) is 1. The fourth-order valence-electron chi connectivity index (χ4n) is 2.69. The maximum Gasteiger partial charge on any atom is 0.211 e. The molecule has 0 aromatic heterocycles. The number of sulfonamides is 1. The second-order valence-electron chi connectivity index (χ2n) is 5.81. The molecular formula is C15H24N2O3S. The van der Waals surface area contributed by atoms with Gasteiger partial charge < -0.3 is 10.4 Å². The highest BCUT2D eigenvalue weighted by Gasteiger charge is 2.28. The molecule has 0 amide bonds. The first-order valence-corrected chi connectivity index (χ1v) is 9.13. The Bertz CT molecular complexity index is 574. The molecule has 0 radical (unpaired) electrons. The maximum atomic E-state index is 11.5. The van der Waals surface area contributed by atoms with E-state index in [0.29, 0.717) is 19.0 Å². The first-order chi connectivity index (χ1) is 9.90. The third kappa shape index (κ3) is 4.51. The van der Waals surface area contributed by atoms with Gasteiger partial charge in [-0.05, 0) is 36.9 Å². The molecule has 0 saturated carbocycles. The number of hydrogen-bond donors (Lipinski definition) is 2. The van der Waals surface area contributed by atoms with Gasteiger partial charge in [0.05, 0.1) is 12.9 Å². The molecule has 1 aromatic rings. The highest BCUT2D eigenvalue weighted by atomic mass is 32.2. The molecule has 1 aromatic carbocycles. The van der Waals surface area contributed by atoms with Crippen LogP contribution in [0.1, 0.15) is 30.5 Å². The van der Waals surface area contributed by atoms with Crippen LogP contribution in [0.15, 0.2) is 24.3 Å². The summed E-state index contributed by atoms with van der Waals surface area (Å²) in [6.45, 7) is 4.16. The molecule has 2 atom stereocenters. The Kier molecular flexibility index (Phi) is 5.37. The summed E-state index contributed by atoms with van der Waals surface area (Å²) in [4.78, 5) is 0. The van der Waals surface area contributed by atoms with Gasteiger partial charge in [-0.3, -0.25) is 0 Å². The molecule has 118 valence electrons. The number of hydrogen-bond acceptors (Lipinski definition) is 4. The fourth-order valence-corrected chi connectivity index (χ4v) is 3.61. The fraction of sp³-hybridized carbons (Fsp3) is 0.600. The van der Waals surface area contributed by atoms with Crippen molar-refractivity contribution < 1.29 is 13.5 Å². The van der Waals surface area contributed by atoms with Crippen molar-refractivity contribution in [2.24, 2.45) is 5.92 Å². The lowest BCUT2D eigenvalue weighted by atomic mass is 10.0. The zero-order valence-corrected chi connectivity index (χ0v) is 13.4. The molecule has 1 aliphatic rings. The second kappa shape index (κ2) is 6.87. The van der Waals surface area contributed by atoms with Crippen LogP contribution < -0.4 is 5.32 Å². The van der Waals surface area contributed by atoms with E-state index >= 15 is 0 Å². The topological polar surface area (TPSA) is 69.6 Å². The number of nitrogens with one attached hydrogen (secondary N) is 1. The van der Waals surface area contributed by atoms with Crippen LogP contribution in [-0.2, 0) is 16.6 Å². The second-order valence-corrected chi connectivity index (χ2v) is 7.79.